The molecule has 1 aromatic heterocycles. The molecule has 1 heterocycles. The summed E-state index contributed by atoms with van der Waals surface area (Å²) in [6.45, 7) is 1.74. The van der Waals surface area contributed by atoms with E-state index in [2.05, 4.69) is 31.0 Å². The van der Waals surface area contributed by atoms with Crippen LogP contribution in [-0.4, -0.2) is 11.3 Å². The van der Waals surface area contributed by atoms with Crippen molar-refractivity contribution in [3.8, 4) is 5.75 Å². The average Bonchev–Trinajstić information content (AvgIpc) is 2.33. The lowest BCUT2D eigenvalue weighted by atomic mass is 10.2. The Kier molecular flexibility index (Phi) is 4.26. The van der Waals surface area contributed by atoms with Gasteiger partial charge in [0.05, 0.1) is 17.6 Å². The van der Waals surface area contributed by atoms with Crippen molar-refractivity contribution >= 4 is 33.1 Å². The SMILES string of the molecule is Cc1cc(N)cnc1Nc1ccc(Br)cc1OC(F)(F)F. The Hall–Kier alpha value is -1.96. The third-order valence-corrected chi connectivity index (χ3v) is 3.02. The van der Waals surface area contributed by atoms with Gasteiger partial charge in [0, 0.05) is 4.47 Å². The lowest BCUT2D eigenvalue weighted by molar-refractivity contribution is -0.274. The average molecular weight is 362 g/mol. The van der Waals surface area contributed by atoms with Crippen LogP contribution in [-0.2, 0) is 0 Å². The lowest BCUT2D eigenvalue weighted by Crippen LogP contribution is -2.18. The van der Waals surface area contributed by atoms with Crippen molar-refractivity contribution in [1.82, 2.24) is 4.98 Å². The molecular weight excluding hydrogens is 351 g/mol. The first-order chi connectivity index (χ1) is 9.74. The number of pyridine rings is 1. The first-order valence-electron chi connectivity index (χ1n) is 5.79. The zero-order chi connectivity index (χ0) is 15.6. The maximum atomic E-state index is 12.4. The number of benzene rings is 1. The van der Waals surface area contributed by atoms with Gasteiger partial charge in [-0.1, -0.05) is 15.9 Å². The summed E-state index contributed by atoms with van der Waals surface area (Å²) in [5, 5.41) is 2.81. The minimum absolute atomic E-state index is 0.149. The highest BCUT2D eigenvalue weighted by molar-refractivity contribution is 9.10. The highest BCUT2D eigenvalue weighted by Gasteiger charge is 2.32. The monoisotopic (exact) mass is 361 g/mol. The van der Waals surface area contributed by atoms with Crippen LogP contribution in [0.4, 0.5) is 30.4 Å². The number of nitrogens with zero attached hydrogens (tertiary/aromatic N) is 1. The number of hydrogen-bond donors (Lipinski definition) is 2. The van der Waals surface area contributed by atoms with Gasteiger partial charge in [-0.3, -0.25) is 0 Å². The molecule has 3 N–H and O–H groups in total. The summed E-state index contributed by atoms with van der Waals surface area (Å²) < 4.78 is 41.8. The first-order valence-corrected chi connectivity index (χ1v) is 6.58. The molecule has 21 heavy (non-hydrogen) atoms. The number of aromatic nitrogens is 1. The topological polar surface area (TPSA) is 60.2 Å². The van der Waals surface area contributed by atoms with Gasteiger partial charge in [0.1, 0.15) is 5.82 Å². The van der Waals surface area contributed by atoms with Gasteiger partial charge in [0.15, 0.2) is 5.75 Å². The van der Waals surface area contributed by atoms with Gasteiger partial charge in [-0.2, -0.15) is 0 Å². The third-order valence-electron chi connectivity index (χ3n) is 2.52. The van der Waals surface area contributed by atoms with Crippen LogP contribution in [0.25, 0.3) is 0 Å². The Morgan fingerprint density at radius 2 is 2.00 bits per heavy atom. The Morgan fingerprint density at radius 1 is 1.29 bits per heavy atom. The molecule has 0 fully saturated rings. The van der Waals surface area contributed by atoms with E-state index >= 15 is 0 Å². The van der Waals surface area contributed by atoms with Gasteiger partial charge in [0.25, 0.3) is 0 Å². The maximum absolute atomic E-state index is 12.4. The van der Waals surface area contributed by atoms with Crippen molar-refractivity contribution < 1.29 is 17.9 Å². The van der Waals surface area contributed by atoms with Crippen LogP contribution < -0.4 is 15.8 Å². The van der Waals surface area contributed by atoms with E-state index in [9.17, 15) is 13.2 Å². The summed E-state index contributed by atoms with van der Waals surface area (Å²) in [7, 11) is 0. The summed E-state index contributed by atoms with van der Waals surface area (Å²) in [5.74, 6) is 0.0495. The minimum atomic E-state index is -4.78. The molecule has 112 valence electrons. The zero-order valence-corrected chi connectivity index (χ0v) is 12.4. The van der Waals surface area contributed by atoms with Crippen LogP contribution in [0.3, 0.4) is 0 Å². The number of nitrogens with one attached hydrogen (secondary N) is 1. The van der Waals surface area contributed by atoms with E-state index in [1.54, 1.807) is 19.1 Å². The number of halogens is 4. The molecule has 0 unspecified atom stereocenters. The number of nitrogen functional groups attached to an aromatic ring is 1. The number of ether oxygens (including phenoxy) is 1. The minimum Gasteiger partial charge on any atom is -0.404 e. The molecule has 0 atom stereocenters. The maximum Gasteiger partial charge on any atom is 0.573 e. The van der Waals surface area contributed by atoms with Gasteiger partial charge >= 0.3 is 6.36 Å². The first kappa shape index (κ1) is 15.4. The van der Waals surface area contributed by atoms with Gasteiger partial charge in [-0.15, -0.1) is 13.2 Å². The fourth-order valence-electron chi connectivity index (χ4n) is 1.66. The van der Waals surface area contributed by atoms with Crippen molar-refractivity contribution in [2.24, 2.45) is 0 Å². The molecule has 0 bridgehead atoms. The van der Waals surface area contributed by atoms with E-state index in [0.29, 0.717) is 21.5 Å². The Labute approximate surface area is 127 Å². The van der Waals surface area contributed by atoms with Gasteiger partial charge in [-0.05, 0) is 36.8 Å². The Balaban J connectivity index is 2.35. The van der Waals surface area contributed by atoms with Crippen molar-refractivity contribution in [3.05, 3.63) is 40.5 Å². The quantitative estimate of drug-likeness (QED) is 0.851. The molecule has 0 radical (unpaired) electrons. The van der Waals surface area contributed by atoms with E-state index < -0.39 is 6.36 Å². The summed E-state index contributed by atoms with van der Waals surface area (Å²) in [6, 6.07) is 5.95. The van der Waals surface area contributed by atoms with Crippen LogP contribution in [0.1, 0.15) is 5.56 Å². The number of anilines is 3. The van der Waals surface area contributed by atoms with Crippen LogP contribution in [0.2, 0.25) is 0 Å². The zero-order valence-electron chi connectivity index (χ0n) is 10.8. The van der Waals surface area contributed by atoms with Crippen LogP contribution >= 0.6 is 15.9 Å². The molecule has 1 aromatic carbocycles. The fraction of sp³-hybridized carbons (Fsp3) is 0.154. The predicted octanol–water partition coefficient (Wildman–Crippen LogP) is 4.38. The second kappa shape index (κ2) is 5.80. The van der Waals surface area contributed by atoms with E-state index in [1.165, 1.54) is 18.3 Å². The Bertz CT molecular complexity index is 662. The molecule has 2 rings (SSSR count). The van der Waals surface area contributed by atoms with Crippen LogP contribution in [0, 0.1) is 6.92 Å². The molecule has 0 aliphatic carbocycles. The number of nitrogens with two attached hydrogens (primary N) is 1. The van der Waals surface area contributed by atoms with Gasteiger partial charge in [0.2, 0.25) is 0 Å². The van der Waals surface area contributed by atoms with E-state index in [0.717, 1.165) is 0 Å². The molecule has 8 heteroatoms. The molecule has 0 spiro atoms. The lowest BCUT2D eigenvalue weighted by Gasteiger charge is -2.15. The molecule has 0 amide bonds. The highest BCUT2D eigenvalue weighted by Crippen LogP contribution is 2.35. The van der Waals surface area contributed by atoms with Gasteiger partial charge in [-0.25, -0.2) is 4.98 Å². The predicted molar refractivity (Wildman–Crippen MR) is 77.5 cm³/mol. The molecule has 0 aliphatic heterocycles. The third kappa shape index (κ3) is 4.25. The summed E-state index contributed by atoms with van der Waals surface area (Å²) >= 11 is 3.11. The Morgan fingerprint density at radius 3 is 2.62 bits per heavy atom. The number of rotatable bonds is 3. The summed E-state index contributed by atoms with van der Waals surface area (Å²) in [6.07, 6.45) is -3.36. The second-order valence-corrected chi connectivity index (χ2v) is 5.16. The number of alkyl halides is 3. The normalized spacial score (nSPS) is 11.3. The molecule has 2 aromatic rings. The van der Waals surface area contributed by atoms with Gasteiger partial charge < -0.3 is 15.8 Å². The highest BCUT2D eigenvalue weighted by atomic mass is 79.9. The number of aryl methyl sites for hydroxylation is 1. The fourth-order valence-corrected chi connectivity index (χ4v) is 2.00. The summed E-state index contributed by atoms with van der Waals surface area (Å²) in [5.41, 5.74) is 6.91. The van der Waals surface area contributed by atoms with Crippen LogP contribution in [0.5, 0.6) is 5.75 Å². The van der Waals surface area contributed by atoms with Crippen molar-refractivity contribution in [2.45, 2.75) is 13.3 Å². The molecule has 0 saturated carbocycles. The van der Waals surface area contributed by atoms with E-state index in [1.807, 2.05) is 0 Å². The molecule has 4 nitrogen and oxygen atoms in total. The second-order valence-electron chi connectivity index (χ2n) is 4.25. The van der Waals surface area contributed by atoms with Crippen molar-refractivity contribution in [3.63, 3.8) is 0 Å². The number of hydrogen-bond acceptors (Lipinski definition) is 4. The van der Waals surface area contributed by atoms with E-state index in [-0.39, 0.29) is 11.4 Å². The summed E-state index contributed by atoms with van der Waals surface area (Å²) in [4.78, 5) is 4.05. The van der Waals surface area contributed by atoms with Crippen molar-refractivity contribution in [1.29, 1.82) is 0 Å². The van der Waals surface area contributed by atoms with Crippen molar-refractivity contribution in [2.75, 3.05) is 11.1 Å². The molecule has 0 saturated heterocycles. The largest absolute Gasteiger partial charge is 0.573 e. The van der Waals surface area contributed by atoms with E-state index in [4.69, 9.17) is 5.73 Å². The molecular formula is C13H11BrF3N3O. The molecule has 0 aliphatic rings. The standard InChI is InChI=1S/C13H11BrF3N3O/c1-7-4-9(18)6-19-12(7)20-10-3-2-8(14)5-11(10)21-13(15,16)17/h2-6H,18H2,1H3,(H,19,20). The van der Waals surface area contributed by atoms with Crippen LogP contribution in [0.15, 0.2) is 34.9 Å². The smallest absolute Gasteiger partial charge is 0.404 e.